The third kappa shape index (κ3) is 1.95. The Morgan fingerprint density at radius 2 is 2.20 bits per heavy atom. The number of rotatable bonds is 2. The lowest BCUT2D eigenvalue weighted by Crippen LogP contribution is -2.22. The molecule has 3 rings (SSSR count). The van der Waals surface area contributed by atoms with E-state index >= 15 is 0 Å². The van der Waals surface area contributed by atoms with Crippen molar-refractivity contribution in [1.82, 2.24) is 15.7 Å². The van der Waals surface area contributed by atoms with Crippen LogP contribution >= 0.6 is 15.9 Å². The summed E-state index contributed by atoms with van der Waals surface area (Å²) in [6.45, 7) is 0. The third-order valence-corrected chi connectivity index (χ3v) is 3.46. The van der Waals surface area contributed by atoms with E-state index in [1.54, 1.807) is 0 Å². The van der Waals surface area contributed by atoms with Crippen LogP contribution in [-0.4, -0.2) is 21.9 Å². The first-order valence-corrected chi connectivity index (χ1v) is 6.28. The van der Waals surface area contributed by atoms with Gasteiger partial charge >= 0.3 is 0 Å². The summed E-state index contributed by atoms with van der Waals surface area (Å²) in [5, 5.41) is 11.0. The van der Waals surface area contributed by atoms with Gasteiger partial charge in [0.05, 0.1) is 4.47 Å². The first-order valence-electron chi connectivity index (χ1n) is 5.48. The molecule has 0 bridgehead atoms. The van der Waals surface area contributed by atoms with Crippen LogP contribution in [0.3, 0.4) is 0 Å². The molecule has 2 aromatic rings. The summed E-state index contributed by atoms with van der Waals surface area (Å²) in [6, 6.07) is 4.26. The number of hydrazone groups is 1. The Hall–Kier alpha value is -2.29. The number of hydrogen-bond acceptors (Lipinski definition) is 6. The SMILES string of the molecule is Nc1nonc1C1=NNC(=O)C1c1ccc(F)c(Br)c1. The number of amides is 1. The molecule has 9 heteroatoms. The molecular formula is C11H7BrFN5O2. The quantitative estimate of drug-likeness (QED) is 0.854. The molecule has 1 unspecified atom stereocenters. The molecule has 0 radical (unpaired) electrons. The van der Waals surface area contributed by atoms with Crippen molar-refractivity contribution in [3.8, 4) is 0 Å². The number of carbonyl (C=O) groups excluding carboxylic acids is 1. The van der Waals surface area contributed by atoms with E-state index in [2.05, 4.69) is 41.4 Å². The maximum atomic E-state index is 13.3. The van der Waals surface area contributed by atoms with Crippen LogP contribution in [0.4, 0.5) is 10.2 Å². The fourth-order valence-corrected chi connectivity index (χ4v) is 2.33. The van der Waals surface area contributed by atoms with Crippen LogP contribution in [0.25, 0.3) is 0 Å². The molecule has 0 aliphatic carbocycles. The Labute approximate surface area is 120 Å². The maximum Gasteiger partial charge on any atom is 0.253 e. The molecule has 20 heavy (non-hydrogen) atoms. The highest BCUT2D eigenvalue weighted by Gasteiger charge is 2.36. The predicted octanol–water partition coefficient (Wildman–Crippen LogP) is 1.17. The van der Waals surface area contributed by atoms with Gasteiger partial charge in [-0.15, -0.1) is 0 Å². The van der Waals surface area contributed by atoms with Crippen molar-refractivity contribution in [2.45, 2.75) is 5.92 Å². The average molecular weight is 340 g/mol. The van der Waals surface area contributed by atoms with Crippen molar-refractivity contribution in [3.05, 3.63) is 39.7 Å². The topological polar surface area (TPSA) is 106 Å². The van der Waals surface area contributed by atoms with Crippen molar-refractivity contribution in [2.24, 2.45) is 5.10 Å². The molecule has 0 saturated carbocycles. The summed E-state index contributed by atoms with van der Waals surface area (Å²) >= 11 is 3.08. The summed E-state index contributed by atoms with van der Waals surface area (Å²) < 4.78 is 18.0. The van der Waals surface area contributed by atoms with Crippen molar-refractivity contribution in [3.63, 3.8) is 0 Å². The Kier molecular flexibility index (Phi) is 2.97. The molecule has 1 aliphatic heterocycles. The van der Waals surface area contributed by atoms with Crippen LogP contribution in [0.1, 0.15) is 17.2 Å². The van der Waals surface area contributed by atoms with E-state index in [-0.39, 0.29) is 27.6 Å². The zero-order chi connectivity index (χ0) is 14.3. The number of hydrogen-bond donors (Lipinski definition) is 2. The lowest BCUT2D eigenvalue weighted by Gasteiger charge is -2.10. The van der Waals surface area contributed by atoms with Crippen molar-refractivity contribution in [2.75, 3.05) is 5.73 Å². The lowest BCUT2D eigenvalue weighted by atomic mass is 9.92. The first-order chi connectivity index (χ1) is 9.58. The minimum absolute atomic E-state index is 0.0337. The minimum atomic E-state index is -0.749. The minimum Gasteiger partial charge on any atom is -0.379 e. The van der Waals surface area contributed by atoms with Gasteiger partial charge in [-0.25, -0.2) is 14.4 Å². The highest BCUT2D eigenvalue weighted by Crippen LogP contribution is 2.29. The van der Waals surface area contributed by atoms with Crippen molar-refractivity contribution >= 4 is 33.4 Å². The Balaban J connectivity index is 2.06. The van der Waals surface area contributed by atoms with E-state index in [9.17, 15) is 9.18 Å². The Morgan fingerprint density at radius 1 is 1.40 bits per heavy atom. The number of carbonyl (C=O) groups is 1. The number of nitrogens with one attached hydrogen (secondary N) is 1. The maximum absolute atomic E-state index is 13.3. The van der Waals surface area contributed by atoms with Gasteiger partial charge in [0.1, 0.15) is 17.4 Å². The molecule has 1 aliphatic rings. The molecule has 102 valence electrons. The number of nitrogens with two attached hydrogens (primary N) is 1. The van der Waals surface area contributed by atoms with Gasteiger partial charge in [0.25, 0.3) is 5.91 Å². The number of aromatic nitrogens is 2. The van der Waals surface area contributed by atoms with Gasteiger partial charge in [-0.05, 0) is 43.9 Å². The summed E-state index contributed by atoms with van der Waals surface area (Å²) in [7, 11) is 0. The third-order valence-electron chi connectivity index (χ3n) is 2.86. The fraction of sp³-hybridized carbons (Fsp3) is 0.0909. The standard InChI is InChI=1S/C11H7BrFN5O2/c12-5-3-4(1-2-6(5)13)7-8(15-16-11(7)19)9-10(14)18-20-17-9/h1-3,7H,(H2,14,18)(H,16,19). The average Bonchev–Trinajstić information content (AvgIpc) is 2.99. The lowest BCUT2D eigenvalue weighted by molar-refractivity contribution is -0.120. The molecule has 1 atom stereocenters. The van der Waals surface area contributed by atoms with Gasteiger partial charge < -0.3 is 5.73 Å². The molecule has 0 saturated heterocycles. The molecule has 0 fully saturated rings. The van der Waals surface area contributed by atoms with E-state index < -0.39 is 11.7 Å². The number of anilines is 1. The van der Waals surface area contributed by atoms with Gasteiger partial charge in [0.15, 0.2) is 11.5 Å². The molecule has 7 nitrogen and oxygen atoms in total. The molecule has 1 aromatic carbocycles. The smallest absolute Gasteiger partial charge is 0.253 e. The Bertz CT molecular complexity index is 729. The van der Waals surface area contributed by atoms with E-state index in [4.69, 9.17) is 5.73 Å². The van der Waals surface area contributed by atoms with E-state index in [1.165, 1.54) is 18.2 Å². The van der Waals surface area contributed by atoms with Crippen LogP contribution in [0.5, 0.6) is 0 Å². The van der Waals surface area contributed by atoms with Crippen LogP contribution in [-0.2, 0) is 4.79 Å². The number of halogens is 2. The van der Waals surface area contributed by atoms with Gasteiger partial charge in [-0.1, -0.05) is 6.07 Å². The first kappa shape index (κ1) is 12.7. The predicted molar refractivity (Wildman–Crippen MR) is 70.2 cm³/mol. The van der Waals surface area contributed by atoms with Gasteiger partial charge in [0, 0.05) is 0 Å². The summed E-state index contributed by atoms with van der Waals surface area (Å²) in [5.74, 6) is -1.50. The summed E-state index contributed by atoms with van der Waals surface area (Å²) in [6.07, 6.45) is 0. The van der Waals surface area contributed by atoms with Crippen LogP contribution in [0.15, 0.2) is 32.4 Å². The number of nitrogens with zero attached hydrogens (tertiary/aromatic N) is 3. The normalized spacial score (nSPS) is 18.0. The van der Waals surface area contributed by atoms with E-state index in [0.717, 1.165) is 0 Å². The molecule has 0 spiro atoms. The van der Waals surface area contributed by atoms with E-state index in [1.807, 2.05) is 0 Å². The second-order valence-corrected chi connectivity index (χ2v) is 4.93. The van der Waals surface area contributed by atoms with Crippen LogP contribution in [0, 0.1) is 5.82 Å². The Morgan fingerprint density at radius 3 is 2.85 bits per heavy atom. The molecular weight excluding hydrogens is 333 g/mol. The molecule has 1 aromatic heterocycles. The fourth-order valence-electron chi connectivity index (χ4n) is 1.93. The highest BCUT2D eigenvalue weighted by atomic mass is 79.9. The summed E-state index contributed by atoms with van der Waals surface area (Å²) in [4.78, 5) is 11.9. The van der Waals surface area contributed by atoms with Crippen molar-refractivity contribution < 1.29 is 13.8 Å². The van der Waals surface area contributed by atoms with Gasteiger partial charge in [-0.3, -0.25) is 4.79 Å². The molecule has 3 N–H and O–H groups in total. The highest BCUT2D eigenvalue weighted by molar-refractivity contribution is 9.10. The second kappa shape index (κ2) is 4.67. The molecule has 2 heterocycles. The zero-order valence-corrected chi connectivity index (χ0v) is 11.4. The number of benzene rings is 1. The van der Waals surface area contributed by atoms with Crippen molar-refractivity contribution in [1.29, 1.82) is 0 Å². The number of nitrogen functional groups attached to an aromatic ring is 1. The molecule has 1 amide bonds. The van der Waals surface area contributed by atoms with E-state index in [0.29, 0.717) is 5.56 Å². The van der Waals surface area contributed by atoms with Gasteiger partial charge in [0.2, 0.25) is 0 Å². The largest absolute Gasteiger partial charge is 0.379 e. The second-order valence-electron chi connectivity index (χ2n) is 4.08. The summed E-state index contributed by atoms with van der Waals surface area (Å²) in [5.41, 5.74) is 8.97. The van der Waals surface area contributed by atoms with Crippen LogP contribution in [0.2, 0.25) is 0 Å². The van der Waals surface area contributed by atoms with Gasteiger partial charge in [-0.2, -0.15) is 5.10 Å². The monoisotopic (exact) mass is 339 g/mol. The van der Waals surface area contributed by atoms with Crippen LogP contribution < -0.4 is 11.2 Å². The zero-order valence-electron chi connectivity index (χ0n) is 9.80.